The molecule has 0 saturated carbocycles. The highest BCUT2D eigenvalue weighted by molar-refractivity contribution is 9.10. The fourth-order valence-electron chi connectivity index (χ4n) is 1.60. The summed E-state index contributed by atoms with van der Waals surface area (Å²) in [7, 11) is 0. The molecule has 0 amide bonds. The van der Waals surface area contributed by atoms with Crippen LogP contribution in [0.5, 0.6) is 5.75 Å². The number of rotatable bonds is 5. The fourth-order valence-corrected chi connectivity index (χ4v) is 2.98. The van der Waals surface area contributed by atoms with E-state index in [0.717, 1.165) is 22.2 Å². The van der Waals surface area contributed by atoms with E-state index in [4.69, 9.17) is 4.74 Å². The topological polar surface area (TPSA) is 29.5 Å². The van der Waals surface area contributed by atoms with Gasteiger partial charge in [0, 0.05) is 4.47 Å². The van der Waals surface area contributed by atoms with Crippen molar-refractivity contribution in [2.24, 2.45) is 0 Å². The fraction of sp³-hybridized carbons (Fsp3) is 0.286. The first-order valence-corrected chi connectivity index (χ1v) is 7.50. The largest absolute Gasteiger partial charge is 0.488 e. The van der Waals surface area contributed by atoms with Crippen LogP contribution < -0.4 is 4.74 Å². The molecule has 0 unspecified atom stereocenters. The lowest BCUT2D eigenvalue weighted by Crippen LogP contribution is -1.96. The Kier molecular flexibility index (Phi) is 4.80. The number of aliphatic hydroxyl groups is 1. The summed E-state index contributed by atoms with van der Waals surface area (Å²) in [6.45, 7) is 2.53. The molecule has 1 N–H and O–H groups in total. The van der Waals surface area contributed by atoms with E-state index in [0.29, 0.717) is 6.61 Å². The third-order valence-corrected chi connectivity index (χ3v) is 4.61. The molecule has 0 fully saturated rings. The predicted octanol–water partition coefficient (Wildman–Crippen LogP) is 4.53. The molecule has 0 radical (unpaired) electrons. The van der Waals surface area contributed by atoms with Crippen molar-refractivity contribution in [1.82, 2.24) is 0 Å². The number of hydrogen-bond acceptors (Lipinski definition) is 3. The van der Waals surface area contributed by atoms with Gasteiger partial charge in [-0.1, -0.05) is 19.1 Å². The van der Waals surface area contributed by atoms with Gasteiger partial charge in [0.15, 0.2) is 0 Å². The lowest BCUT2D eigenvalue weighted by Gasteiger charge is -2.09. The van der Waals surface area contributed by atoms with Gasteiger partial charge in [0.05, 0.1) is 11.0 Å². The first kappa shape index (κ1) is 13.6. The lowest BCUT2D eigenvalue weighted by atomic mass is 10.1. The summed E-state index contributed by atoms with van der Waals surface area (Å²) in [5.74, 6) is 0.822. The van der Waals surface area contributed by atoms with E-state index in [1.54, 1.807) is 11.3 Å². The third-order valence-electron chi connectivity index (χ3n) is 2.71. The number of halogens is 1. The maximum absolute atomic E-state index is 9.69. The van der Waals surface area contributed by atoms with E-state index < -0.39 is 0 Å². The highest BCUT2D eigenvalue weighted by Crippen LogP contribution is 2.25. The van der Waals surface area contributed by atoms with Gasteiger partial charge in [-0.2, -0.15) is 0 Å². The molecular weight excluding hydrogens is 312 g/mol. The molecule has 1 aromatic carbocycles. The first-order chi connectivity index (χ1) is 8.70. The third kappa shape index (κ3) is 3.34. The van der Waals surface area contributed by atoms with E-state index >= 15 is 0 Å². The van der Waals surface area contributed by atoms with Gasteiger partial charge in [-0.05, 0) is 51.5 Å². The van der Waals surface area contributed by atoms with Gasteiger partial charge >= 0.3 is 0 Å². The monoisotopic (exact) mass is 326 g/mol. The summed E-state index contributed by atoms with van der Waals surface area (Å²) in [5.41, 5.74) is 0.933. The van der Waals surface area contributed by atoms with Crippen LogP contribution >= 0.6 is 27.3 Å². The first-order valence-electron chi connectivity index (χ1n) is 5.83. The molecule has 1 atom stereocenters. The SMILES string of the molecule is CC[C@H](O)c1ccc(OCc2sccc2Br)cc1. The summed E-state index contributed by atoms with van der Waals surface area (Å²) in [6.07, 6.45) is 0.341. The molecule has 2 nitrogen and oxygen atoms in total. The Hall–Kier alpha value is -0.840. The molecule has 1 heterocycles. The van der Waals surface area contributed by atoms with Crippen molar-refractivity contribution < 1.29 is 9.84 Å². The van der Waals surface area contributed by atoms with Gasteiger partial charge in [0.2, 0.25) is 0 Å². The molecule has 0 bridgehead atoms. The van der Waals surface area contributed by atoms with Crippen LogP contribution in [0.25, 0.3) is 0 Å². The average molecular weight is 327 g/mol. The van der Waals surface area contributed by atoms with Crippen molar-refractivity contribution in [2.45, 2.75) is 26.1 Å². The van der Waals surface area contributed by atoms with Gasteiger partial charge in [-0.3, -0.25) is 0 Å². The highest BCUT2D eigenvalue weighted by atomic mass is 79.9. The van der Waals surface area contributed by atoms with Crippen molar-refractivity contribution in [3.05, 3.63) is 50.6 Å². The van der Waals surface area contributed by atoms with Gasteiger partial charge in [0.1, 0.15) is 12.4 Å². The zero-order chi connectivity index (χ0) is 13.0. The minimum Gasteiger partial charge on any atom is -0.488 e. The molecule has 2 rings (SSSR count). The summed E-state index contributed by atoms with van der Waals surface area (Å²) in [4.78, 5) is 1.17. The Labute approximate surface area is 119 Å². The Morgan fingerprint density at radius 3 is 2.56 bits per heavy atom. The molecule has 0 aliphatic carbocycles. The van der Waals surface area contributed by atoms with Crippen molar-refractivity contribution >= 4 is 27.3 Å². The second kappa shape index (κ2) is 6.36. The maximum Gasteiger partial charge on any atom is 0.124 e. The number of ether oxygens (including phenoxy) is 1. The molecule has 0 saturated heterocycles. The zero-order valence-corrected chi connectivity index (χ0v) is 12.5. The molecule has 1 aromatic heterocycles. The summed E-state index contributed by atoms with van der Waals surface area (Å²) in [5, 5.41) is 11.7. The minimum absolute atomic E-state index is 0.384. The van der Waals surface area contributed by atoms with Crippen molar-refractivity contribution in [3.8, 4) is 5.75 Å². The van der Waals surface area contributed by atoms with Crippen LogP contribution in [0.3, 0.4) is 0 Å². The molecule has 0 aliphatic heterocycles. The Balaban J connectivity index is 1.96. The zero-order valence-electron chi connectivity index (χ0n) is 10.1. The van der Waals surface area contributed by atoms with Crippen LogP contribution in [0, 0.1) is 0 Å². The van der Waals surface area contributed by atoms with Crippen LogP contribution in [-0.2, 0) is 6.61 Å². The number of aliphatic hydroxyl groups excluding tert-OH is 1. The van der Waals surface area contributed by atoms with E-state index in [2.05, 4.69) is 15.9 Å². The summed E-state index contributed by atoms with van der Waals surface area (Å²) < 4.78 is 6.79. The Morgan fingerprint density at radius 1 is 1.28 bits per heavy atom. The second-order valence-corrected chi connectivity index (χ2v) is 5.83. The number of benzene rings is 1. The van der Waals surface area contributed by atoms with Crippen LogP contribution in [0.2, 0.25) is 0 Å². The van der Waals surface area contributed by atoms with Crippen molar-refractivity contribution in [1.29, 1.82) is 0 Å². The quantitative estimate of drug-likeness (QED) is 0.874. The minimum atomic E-state index is -0.384. The molecular formula is C14H15BrO2S. The number of thiophene rings is 1. The van der Waals surface area contributed by atoms with Gasteiger partial charge in [-0.25, -0.2) is 0 Å². The van der Waals surface area contributed by atoms with E-state index in [9.17, 15) is 5.11 Å². The molecule has 18 heavy (non-hydrogen) atoms. The maximum atomic E-state index is 9.69. The predicted molar refractivity (Wildman–Crippen MR) is 78.0 cm³/mol. The average Bonchev–Trinajstić information content (AvgIpc) is 2.81. The van der Waals surface area contributed by atoms with Crippen molar-refractivity contribution in [3.63, 3.8) is 0 Å². The molecule has 96 valence electrons. The van der Waals surface area contributed by atoms with E-state index in [1.807, 2.05) is 42.6 Å². The highest BCUT2D eigenvalue weighted by Gasteiger charge is 2.05. The van der Waals surface area contributed by atoms with Crippen LogP contribution in [0.4, 0.5) is 0 Å². The van der Waals surface area contributed by atoms with Crippen LogP contribution in [0.15, 0.2) is 40.2 Å². The normalized spacial score (nSPS) is 12.4. The van der Waals surface area contributed by atoms with Crippen LogP contribution in [0.1, 0.15) is 29.9 Å². The molecule has 2 aromatic rings. The molecule has 0 spiro atoms. The lowest BCUT2D eigenvalue weighted by molar-refractivity contribution is 0.173. The summed E-state index contributed by atoms with van der Waals surface area (Å²) in [6, 6.07) is 9.63. The molecule has 4 heteroatoms. The molecule has 0 aliphatic rings. The van der Waals surface area contributed by atoms with Gasteiger partial charge in [-0.15, -0.1) is 11.3 Å². The van der Waals surface area contributed by atoms with Crippen LogP contribution in [-0.4, -0.2) is 5.11 Å². The van der Waals surface area contributed by atoms with Crippen molar-refractivity contribution in [2.75, 3.05) is 0 Å². The Bertz CT molecular complexity index is 493. The van der Waals surface area contributed by atoms with E-state index in [1.165, 1.54) is 4.88 Å². The standard InChI is InChI=1S/C14H15BrO2S/c1-2-13(16)10-3-5-11(6-4-10)17-9-14-12(15)7-8-18-14/h3-8,13,16H,2,9H2,1H3/t13-/m0/s1. The van der Waals surface area contributed by atoms with E-state index in [-0.39, 0.29) is 6.10 Å². The van der Waals surface area contributed by atoms with Gasteiger partial charge in [0.25, 0.3) is 0 Å². The van der Waals surface area contributed by atoms with Gasteiger partial charge < -0.3 is 9.84 Å². The smallest absolute Gasteiger partial charge is 0.124 e. The summed E-state index contributed by atoms with van der Waals surface area (Å²) >= 11 is 5.15. The second-order valence-electron chi connectivity index (χ2n) is 3.97. The Morgan fingerprint density at radius 2 is 2.00 bits per heavy atom. The number of hydrogen-bond donors (Lipinski definition) is 1.